The van der Waals surface area contributed by atoms with Crippen LogP contribution in [0.1, 0.15) is 31.4 Å². The highest BCUT2D eigenvalue weighted by molar-refractivity contribution is 5.73. The summed E-state index contributed by atoms with van der Waals surface area (Å²) >= 11 is 0. The summed E-state index contributed by atoms with van der Waals surface area (Å²) < 4.78 is 5.63. The molecule has 0 aliphatic carbocycles. The zero-order valence-corrected chi connectivity index (χ0v) is 14.0. The molecule has 5 heteroatoms. The molecule has 3 N–H and O–H groups in total. The van der Waals surface area contributed by atoms with Crippen LogP contribution in [-0.2, 0) is 0 Å². The van der Waals surface area contributed by atoms with Crippen LogP contribution < -0.4 is 15.4 Å². The average Bonchev–Trinajstić information content (AvgIpc) is 2.40. The molecule has 1 aromatic rings. The van der Waals surface area contributed by atoms with Gasteiger partial charge in [0.15, 0.2) is 0 Å². The van der Waals surface area contributed by atoms with E-state index in [1.54, 1.807) is 0 Å². The van der Waals surface area contributed by atoms with Crippen LogP contribution in [0.3, 0.4) is 0 Å². The molecule has 0 fully saturated rings. The third-order valence-corrected chi connectivity index (χ3v) is 3.37. The number of ether oxygens (including phenoxy) is 1. The predicted octanol–water partition coefficient (Wildman–Crippen LogP) is 2.39. The Morgan fingerprint density at radius 1 is 1.18 bits per heavy atom. The number of nitrogens with one attached hydrogen (secondary N) is 2. The monoisotopic (exact) mass is 308 g/mol. The van der Waals surface area contributed by atoms with E-state index in [4.69, 9.17) is 9.84 Å². The third-order valence-electron chi connectivity index (χ3n) is 3.37. The lowest BCUT2D eigenvalue weighted by atomic mass is 9.90. The van der Waals surface area contributed by atoms with Gasteiger partial charge in [0, 0.05) is 13.2 Å². The molecule has 0 saturated carbocycles. The van der Waals surface area contributed by atoms with Crippen molar-refractivity contribution in [3.8, 4) is 5.75 Å². The molecule has 0 radical (unpaired) electrons. The lowest BCUT2D eigenvalue weighted by Crippen LogP contribution is -2.42. The van der Waals surface area contributed by atoms with E-state index in [1.165, 1.54) is 0 Å². The topological polar surface area (TPSA) is 70.6 Å². The number of aliphatic hydroxyl groups is 1. The van der Waals surface area contributed by atoms with Crippen LogP contribution in [0.15, 0.2) is 18.2 Å². The minimum atomic E-state index is -0.213. The number of urea groups is 1. The van der Waals surface area contributed by atoms with E-state index >= 15 is 0 Å². The van der Waals surface area contributed by atoms with Gasteiger partial charge < -0.3 is 20.5 Å². The van der Waals surface area contributed by atoms with Gasteiger partial charge >= 0.3 is 6.03 Å². The first-order chi connectivity index (χ1) is 10.3. The quantitative estimate of drug-likeness (QED) is 0.646. The van der Waals surface area contributed by atoms with Gasteiger partial charge in [-0.05, 0) is 48.9 Å². The molecule has 0 aliphatic heterocycles. The van der Waals surface area contributed by atoms with Crippen molar-refractivity contribution in [2.45, 2.75) is 34.1 Å². The molecular formula is C17H28N2O3. The largest absolute Gasteiger partial charge is 0.492 e. The van der Waals surface area contributed by atoms with Gasteiger partial charge in [0.1, 0.15) is 12.4 Å². The van der Waals surface area contributed by atoms with E-state index < -0.39 is 0 Å². The van der Waals surface area contributed by atoms with Crippen LogP contribution in [0.4, 0.5) is 4.79 Å². The van der Waals surface area contributed by atoms with Crippen LogP contribution in [0.25, 0.3) is 0 Å². The second-order valence-corrected chi connectivity index (χ2v) is 6.42. The summed E-state index contributed by atoms with van der Waals surface area (Å²) in [5.41, 5.74) is 2.21. The summed E-state index contributed by atoms with van der Waals surface area (Å²) in [6, 6.07) is 5.83. The van der Waals surface area contributed by atoms with Crippen molar-refractivity contribution < 1.29 is 14.6 Å². The van der Waals surface area contributed by atoms with Gasteiger partial charge in [-0.15, -0.1) is 0 Å². The zero-order valence-electron chi connectivity index (χ0n) is 14.0. The van der Waals surface area contributed by atoms with Gasteiger partial charge in [-0.3, -0.25) is 0 Å². The number of rotatable bonds is 8. The van der Waals surface area contributed by atoms with Crippen molar-refractivity contribution >= 4 is 6.03 Å². The Labute approximate surface area is 133 Å². The van der Waals surface area contributed by atoms with Gasteiger partial charge in [0.2, 0.25) is 0 Å². The van der Waals surface area contributed by atoms with Gasteiger partial charge in [-0.25, -0.2) is 4.79 Å². The summed E-state index contributed by atoms with van der Waals surface area (Å²) in [5.74, 6) is 0.823. The van der Waals surface area contributed by atoms with Crippen LogP contribution >= 0.6 is 0 Å². The maximum absolute atomic E-state index is 11.7. The second-order valence-electron chi connectivity index (χ2n) is 6.42. The fourth-order valence-corrected chi connectivity index (χ4v) is 2.12. The molecule has 124 valence electrons. The summed E-state index contributed by atoms with van der Waals surface area (Å²) in [6.45, 7) is 9.59. The van der Waals surface area contributed by atoms with Crippen LogP contribution in [-0.4, -0.2) is 37.4 Å². The van der Waals surface area contributed by atoms with Crippen LogP contribution in [0, 0.1) is 19.3 Å². The standard InChI is InChI=1S/C17H28N2O3/c1-13-9-14(2)11-15(10-13)22-8-6-18-16(21)19-12-17(3,4)5-7-20/h9-11,20H,5-8,12H2,1-4H3,(H2,18,19,21). The maximum atomic E-state index is 11.7. The molecular weight excluding hydrogens is 280 g/mol. The van der Waals surface area contributed by atoms with Crippen LogP contribution in [0.5, 0.6) is 5.75 Å². The van der Waals surface area contributed by atoms with Gasteiger partial charge in [0.25, 0.3) is 0 Å². The Balaban J connectivity index is 2.22. The fraction of sp³-hybridized carbons (Fsp3) is 0.588. The van der Waals surface area contributed by atoms with Gasteiger partial charge in [-0.1, -0.05) is 19.9 Å². The minimum Gasteiger partial charge on any atom is -0.492 e. The molecule has 0 spiro atoms. The highest BCUT2D eigenvalue weighted by Gasteiger charge is 2.17. The highest BCUT2D eigenvalue weighted by Crippen LogP contribution is 2.18. The van der Waals surface area contributed by atoms with Crippen molar-refractivity contribution in [2.24, 2.45) is 5.41 Å². The van der Waals surface area contributed by atoms with E-state index in [2.05, 4.69) is 16.7 Å². The van der Waals surface area contributed by atoms with Gasteiger partial charge in [-0.2, -0.15) is 0 Å². The van der Waals surface area contributed by atoms with E-state index in [0.717, 1.165) is 16.9 Å². The van der Waals surface area contributed by atoms with Crippen LogP contribution in [0.2, 0.25) is 0 Å². The first kappa shape index (κ1) is 18.3. The number of aliphatic hydroxyl groups excluding tert-OH is 1. The highest BCUT2D eigenvalue weighted by atomic mass is 16.5. The normalized spacial score (nSPS) is 11.1. The first-order valence-corrected chi connectivity index (χ1v) is 7.66. The van der Waals surface area contributed by atoms with E-state index in [0.29, 0.717) is 26.1 Å². The molecule has 5 nitrogen and oxygen atoms in total. The second kappa shape index (κ2) is 8.63. The zero-order chi connectivity index (χ0) is 16.6. The maximum Gasteiger partial charge on any atom is 0.314 e. The minimum absolute atomic E-state index is 0.109. The Bertz CT molecular complexity index is 467. The number of carbonyl (C=O) groups excluding carboxylic acids is 1. The molecule has 2 amide bonds. The molecule has 0 aliphatic rings. The molecule has 1 rings (SSSR count). The van der Waals surface area contributed by atoms with Crippen molar-refractivity contribution in [2.75, 3.05) is 26.3 Å². The Kier molecular flexibility index (Phi) is 7.18. The smallest absolute Gasteiger partial charge is 0.314 e. The molecule has 1 aromatic carbocycles. The lowest BCUT2D eigenvalue weighted by molar-refractivity contribution is 0.200. The molecule has 0 atom stereocenters. The number of hydrogen-bond donors (Lipinski definition) is 3. The van der Waals surface area contributed by atoms with Crippen molar-refractivity contribution in [1.82, 2.24) is 10.6 Å². The summed E-state index contributed by atoms with van der Waals surface area (Å²) in [5, 5.41) is 14.5. The summed E-state index contributed by atoms with van der Waals surface area (Å²) in [7, 11) is 0. The average molecular weight is 308 g/mol. The lowest BCUT2D eigenvalue weighted by Gasteiger charge is -2.23. The fourth-order valence-electron chi connectivity index (χ4n) is 2.12. The Morgan fingerprint density at radius 2 is 1.82 bits per heavy atom. The number of carbonyl (C=O) groups is 1. The molecule has 0 unspecified atom stereocenters. The molecule has 0 aromatic heterocycles. The SMILES string of the molecule is Cc1cc(C)cc(OCCNC(=O)NCC(C)(C)CCO)c1. The third kappa shape index (κ3) is 7.31. The van der Waals surface area contributed by atoms with Crippen molar-refractivity contribution in [3.63, 3.8) is 0 Å². The van der Waals surface area contributed by atoms with E-state index in [1.807, 2.05) is 39.8 Å². The summed E-state index contributed by atoms with van der Waals surface area (Å²) in [6.07, 6.45) is 0.656. The molecule has 0 heterocycles. The van der Waals surface area contributed by atoms with E-state index in [9.17, 15) is 4.79 Å². The first-order valence-electron chi connectivity index (χ1n) is 7.66. The van der Waals surface area contributed by atoms with Crippen molar-refractivity contribution in [1.29, 1.82) is 0 Å². The number of benzene rings is 1. The van der Waals surface area contributed by atoms with Gasteiger partial charge in [0.05, 0.1) is 6.54 Å². The van der Waals surface area contributed by atoms with E-state index in [-0.39, 0.29) is 18.1 Å². The number of aryl methyl sites for hydroxylation is 2. The molecule has 0 saturated heterocycles. The Hall–Kier alpha value is -1.75. The number of amides is 2. The predicted molar refractivity (Wildman–Crippen MR) is 88.3 cm³/mol. The number of hydrogen-bond acceptors (Lipinski definition) is 3. The molecule has 0 bridgehead atoms. The summed E-state index contributed by atoms with van der Waals surface area (Å²) in [4.78, 5) is 11.7. The molecule has 22 heavy (non-hydrogen) atoms. The Morgan fingerprint density at radius 3 is 2.41 bits per heavy atom. The van der Waals surface area contributed by atoms with Crippen molar-refractivity contribution in [3.05, 3.63) is 29.3 Å².